The monoisotopic (exact) mass is 639 g/mol. The van der Waals surface area contributed by atoms with Gasteiger partial charge < -0.3 is 30.2 Å². The predicted molar refractivity (Wildman–Crippen MR) is 167 cm³/mol. The number of amides is 3. The minimum absolute atomic E-state index is 0.0102. The number of nitrogens with two attached hydrogens (primary N) is 1. The number of carbonyl (C=O) groups is 3. The molecule has 0 spiro atoms. The van der Waals surface area contributed by atoms with Gasteiger partial charge in [0.1, 0.15) is 11.7 Å². The Morgan fingerprint density at radius 2 is 1.71 bits per heavy atom. The van der Waals surface area contributed by atoms with Crippen LogP contribution in [0.25, 0.3) is 0 Å². The fourth-order valence-corrected chi connectivity index (χ4v) is 6.52. The molecule has 1 saturated heterocycles. The van der Waals surface area contributed by atoms with Crippen molar-refractivity contribution < 1.29 is 37.0 Å². The second-order valence-corrected chi connectivity index (χ2v) is 13.1. The molecule has 4 rings (SSSR count). The lowest BCUT2D eigenvalue weighted by Gasteiger charge is -2.32. The van der Waals surface area contributed by atoms with Crippen LogP contribution in [0.5, 0.6) is 11.5 Å². The second kappa shape index (κ2) is 13.8. The van der Waals surface area contributed by atoms with E-state index in [1.165, 1.54) is 45.7 Å². The van der Waals surface area contributed by atoms with Gasteiger partial charge in [0.05, 0.1) is 37.5 Å². The van der Waals surface area contributed by atoms with Crippen LogP contribution in [0.15, 0.2) is 59.6 Å². The van der Waals surface area contributed by atoms with Gasteiger partial charge >= 0.3 is 6.09 Å². The van der Waals surface area contributed by atoms with Crippen LogP contribution in [-0.2, 0) is 19.4 Å². The molecule has 3 aromatic rings. The number of aromatic nitrogens is 1. The number of benzene rings is 2. The average Bonchev–Trinajstić information content (AvgIpc) is 3.53. The molecule has 1 aliphatic rings. The average molecular weight is 640 g/mol. The highest BCUT2D eigenvalue weighted by molar-refractivity contribution is 7.92. The number of nitrogens with zero attached hydrogens (tertiary/aromatic N) is 2. The SMILES string of the molecule is COC(=O)Nc1ccc(S(=O)(=O)C(C)C)c([C@H]2CCCN2C(=O)[C@H](Nc2ccnc(C(N)=O)c2)c2ccc(OC)c(OC)c2)c1. The van der Waals surface area contributed by atoms with E-state index in [0.717, 1.165) is 0 Å². The maximum atomic E-state index is 14.6. The van der Waals surface area contributed by atoms with Crippen LogP contribution in [0.1, 0.15) is 60.4 Å². The van der Waals surface area contributed by atoms with Gasteiger partial charge in [0.15, 0.2) is 21.3 Å². The maximum absolute atomic E-state index is 14.6. The molecule has 0 unspecified atom stereocenters. The Bertz CT molecular complexity index is 1690. The molecule has 2 heterocycles. The van der Waals surface area contributed by atoms with E-state index in [9.17, 15) is 22.8 Å². The summed E-state index contributed by atoms with van der Waals surface area (Å²) in [6.07, 6.45) is 1.77. The number of likely N-dealkylation sites (tertiary alicyclic amines) is 1. The molecule has 45 heavy (non-hydrogen) atoms. The van der Waals surface area contributed by atoms with Crippen LogP contribution in [0, 0.1) is 0 Å². The molecule has 4 N–H and O–H groups in total. The minimum atomic E-state index is -3.77. The second-order valence-electron chi connectivity index (χ2n) is 10.6. The zero-order valence-corrected chi connectivity index (χ0v) is 26.5. The molecule has 2 aromatic carbocycles. The normalized spacial score (nSPS) is 15.3. The molecular formula is C31H37N5O8S. The van der Waals surface area contributed by atoms with E-state index in [4.69, 9.17) is 19.9 Å². The Balaban J connectivity index is 1.82. The first kappa shape index (κ1) is 33.1. The first-order valence-electron chi connectivity index (χ1n) is 14.2. The summed E-state index contributed by atoms with van der Waals surface area (Å²) in [6.45, 7) is 3.51. The number of primary amides is 1. The maximum Gasteiger partial charge on any atom is 0.411 e. The smallest absolute Gasteiger partial charge is 0.411 e. The largest absolute Gasteiger partial charge is 0.493 e. The molecule has 3 amide bonds. The summed E-state index contributed by atoms with van der Waals surface area (Å²) in [7, 11) is 0.434. The molecule has 1 aromatic heterocycles. The number of nitrogens with one attached hydrogen (secondary N) is 2. The number of rotatable bonds is 11. The molecule has 0 saturated carbocycles. The molecule has 0 aliphatic carbocycles. The third-order valence-corrected chi connectivity index (χ3v) is 9.80. The van der Waals surface area contributed by atoms with Crippen LogP contribution in [0.2, 0.25) is 0 Å². The van der Waals surface area contributed by atoms with Crippen LogP contribution < -0.4 is 25.8 Å². The summed E-state index contributed by atoms with van der Waals surface area (Å²) in [4.78, 5) is 44.0. The first-order valence-corrected chi connectivity index (χ1v) is 15.7. The van der Waals surface area contributed by atoms with Gasteiger partial charge in [0.2, 0.25) is 5.91 Å². The lowest BCUT2D eigenvalue weighted by atomic mass is 10.0. The molecule has 13 nitrogen and oxygen atoms in total. The van der Waals surface area contributed by atoms with E-state index in [-0.39, 0.29) is 16.5 Å². The zero-order chi connectivity index (χ0) is 32.9. The van der Waals surface area contributed by atoms with E-state index in [0.29, 0.717) is 53.4 Å². The lowest BCUT2D eigenvalue weighted by molar-refractivity contribution is -0.133. The lowest BCUT2D eigenvalue weighted by Crippen LogP contribution is -2.38. The van der Waals surface area contributed by atoms with Crippen molar-refractivity contribution in [2.75, 3.05) is 38.5 Å². The van der Waals surface area contributed by atoms with Crippen molar-refractivity contribution in [2.24, 2.45) is 5.73 Å². The van der Waals surface area contributed by atoms with E-state index < -0.39 is 39.2 Å². The number of methoxy groups -OCH3 is 3. The molecule has 1 fully saturated rings. The number of ether oxygens (including phenoxy) is 3. The molecule has 240 valence electrons. The Hall–Kier alpha value is -4.85. The number of hydrogen-bond acceptors (Lipinski definition) is 10. The van der Waals surface area contributed by atoms with Gasteiger partial charge in [-0.2, -0.15) is 0 Å². The summed E-state index contributed by atoms with van der Waals surface area (Å²) in [6, 6.07) is 11.0. The van der Waals surface area contributed by atoms with Crippen molar-refractivity contribution >= 4 is 39.1 Å². The quantitative estimate of drug-likeness (QED) is 0.277. The number of carbonyl (C=O) groups excluding carboxylic acids is 3. The highest BCUT2D eigenvalue weighted by Gasteiger charge is 2.38. The molecule has 14 heteroatoms. The molecule has 0 bridgehead atoms. The van der Waals surface area contributed by atoms with Gasteiger partial charge in [0, 0.05) is 24.1 Å². The van der Waals surface area contributed by atoms with Crippen molar-refractivity contribution in [1.29, 1.82) is 0 Å². The van der Waals surface area contributed by atoms with Gasteiger partial charge in [0.25, 0.3) is 5.91 Å². The Kier molecular flexibility index (Phi) is 10.2. The van der Waals surface area contributed by atoms with Gasteiger partial charge in [-0.15, -0.1) is 0 Å². The highest BCUT2D eigenvalue weighted by atomic mass is 32.2. The third-order valence-electron chi connectivity index (χ3n) is 7.57. The van der Waals surface area contributed by atoms with E-state index >= 15 is 0 Å². The molecule has 2 atom stereocenters. The van der Waals surface area contributed by atoms with Crippen molar-refractivity contribution in [3.8, 4) is 11.5 Å². The van der Waals surface area contributed by atoms with E-state index in [1.807, 2.05) is 0 Å². The van der Waals surface area contributed by atoms with Gasteiger partial charge in [-0.25, -0.2) is 13.2 Å². The minimum Gasteiger partial charge on any atom is -0.493 e. The third kappa shape index (κ3) is 7.11. The number of pyridine rings is 1. The summed E-state index contributed by atoms with van der Waals surface area (Å²) in [5, 5.41) is 5.07. The fraction of sp³-hybridized carbons (Fsp3) is 0.355. The fourth-order valence-electron chi connectivity index (χ4n) is 5.23. The van der Waals surface area contributed by atoms with Crippen LogP contribution in [-0.4, -0.2) is 69.3 Å². The Morgan fingerprint density at radius 1 is 0.978 bits per heavy atom. The zero-order valence-electron chi connectivity index (χ0n) is 25.7. The molecular weight excluding hydrogens is 602 g/mol. The number of anilines is 2. The topological polar surface area (TPSA) is 179 Å². The van der Waals surface area contributed by atoms with Crippen LogP contribution >= 0.6 is 0 Å². The van der Waals surface area contributed by atoms with Crippen molar-refractivity contribution in [1.82, 2.24) is 9.88 Å². The molecule has 0 radical (unpaired) electrons. The summed E-state index contributed by atoms with van der Waals surface area (Å²) >= 11 is 0. The highest BCUT2D eigenvalue weighted by Crippen LogP contribution is 2.40. The summed E-state index contributed by atoms with van der Waals surface area (Å²) in [5.74, 6) is -0.232. The predicted octanol–water partition coefficient (Wildman–Crippen LogP) is 4.08. The summed E-state index contributed by atoms with van der Waals surface area (Å²) in [5.41, 5.74) is 7.09. The van der Waals surface area contributed by atoms with Crippen molar-refractivity contribution in [3.63, 3.8) is 0 Å². The Labute approximate surface area is 262 Å². The summed E-state index contributed by atoms with van der Waals surface area (Å²) < 4.78 is 42.6. The van der Waals surface area contributed by atoms with Crippen molar-refractivity contribution in [3.05, 3.63) is 71.5 Å². The Morgan fingerprint density at radius 3 is 2.36 bits per heavy atom. The van der Waals surface area contributed by atoms with Crippen LogP contribution in [0.4, 0.5) is 16.2 Å². The van der Waals surface area contributed by atoms with Gasteiger partial charge in [-0.05, 0) is 80.3 Å². The number of sulfone groups is 1. The van der Waals surface area contributed by atoms with E-state index in [1.54, 1.807) is 49.1 Å². The van der Waals surface area contributed by atoms with E-state index in [2.05, 4.69) is 15.6 Å². The molecule has 1 aliphatic heterocycles. The van der Waals surface area contributed by atoms with Gasteiger partial charge in [-0.1, -0.05) is 6.07 Å². The van der Waals surface area contributed by atoms with Gasteiger partial charge in [-0.3, -0.25) is 19.9 Å². The van der Waals surface area contributed by atoms with Crippen LogP contribution in [0.3, 0.4) is 0 Å². The first-order chi connectivity index (χ1) is 21.4. The van der Waals surface area contributed by atoms with Crippen molar-refractivity contribution in [2.45, 2.75) is 48.9 Å². The standard InChI is InChI=1S/C31H37N5O8S/c1-18(2)45(40,41)27-11-9-20(35-31(39)44-5)16-22(27)24-7-6-14-36(24)30(38)28(19-8-10-25(42-3)26(15-19)43-4)34-21-12-13-33-23(17-21)29(32)37/h8-13,15-18,24,28H,6-7,14H2,1-5H3,(H2,32,37)(H,33,34)(H,35,39)/t24-,28-/m1/s1. The number of hydrogen-bond donors (Lipinski definition) is 3.